The van der Waals surface area contributed by atoms with Crippen molar-refractivity contribution >= 4 is 34.0 Å². The zero-order valence-corrected chi connectivity index (χ0v) is 19.1. The highest BCUT2D eigenvalue weighted by Crippen LogP contribution is 2.21. The van der Waals surface area contributed by atoms with E-state index in [0.29, 0.717) is 37.1 Å². The lowest BCUT2D eigenvalue weighted by Crippen LogP contribution is -2.37. The Morgan fingerprint density at radius 2 is 2.00 bits per heavy atom. The number of benzene rings is 2. The van der Waals surface area contributed by atoms with Crippen LogP contribution in [-0.2, 0) is 20.7 Å². The van der Waals surface area contributed by atoms with Gasteiger partial charge in [-0.25, -0.2) is 0 Å². The Morgan fingerprint density at radius 1 is 1.12 bits per heavy atom. The van der Waals surface area contributed by atoms with Gasteiger partial charge in [0, 0.05) is 49.2 Å². The summed E-state index contributed by atoms with van der Waals surface area (Å²) < 4.78 is 5.84. The highest BCUT2D eigenvalue weighted by Gasteiger charge is 2.21. The van der Waals surface area contributed by atoms with Crippen LogP contribution in [-0.4, -0.2) is 54.5 Å². The van der Waals surface area contributed by atoms with Gasteiger partial charge in [-0.1, -0.05) is 18.2 Å². The minimum Gasteiger partial charge on any atom is -0.380 e. The van der Waals surface area contributed by atoms with E-state index in [-0.39, 0.29) is 11.8 Å². The molecule has 1 aliphatic heterocycles. The number of nitrogens with zero attached hydrogens (tertiary/aromatic N) is 2. The van der Waals surface area contributed by atoms with Crippen molar-refractivity contribution in [3.63, 3.8) is 0 Å². The van der Waals surface area contributed by atoms with Crippen LogP contribution in [0.25, 0.3) is 10.8 Å². The standard InChI is InChI=1S/C26H30N4O3/c1-18-3-6-24(13-25(18)28-19(2)31)29-26(32)16-30-9-10-33-17-21(15-30)11-20-4-5-22-7-8-27-14-23(22)12-20/h3-8,12-14,21H,9-11,15-17H2,1-2H3,(H,28,31)(H,29,32)/t21-/m0/s1. The Balaban J connectivity index is 1.36. The predicted molar refractivity (Wildman–Crippen MR) is 130 cm³/mol. The predicted octanol–water partition coefficient (Wildman–Crippen LogP) is 3.63. The van der Waals surface area contributed by atoms with Gasteiger partial charge < -0.3 is 15.4 Å². The summed E-state index contributed by atoms with van der Waals surface area (Å²) >= 11 is 0. The van der Waals surface area contributed by atoms with E-state index in [2.05, 4.69) is 38.7 Å². The van der Waals surface area contributed by atoms with Gasteiger partial charge in [0.15, 0.2) is 0 Å². The SMILES string of the molecule is CC(=O)Nc1cc(NC(=O)CN2CCOC[C@@H](Cc3ccc4ccncc4c3)C2)ccc1C. The minimum absolute atomic E-state index is 0.0787. The molecule has 1 aliphatic rings. The average molecular weight is 447 g/mol. The summed E-state index contributed by atoms with van der Waals surface area (Å²) in [5, 5.41) is 8.07. The molecule has 0 saturated carbocycles. The van der Waals surface area contributed by atoms with Crippen LogP contribution in [0.15, 0.2) is 54.9 Å². The molecule has 33 heavy (non-hydrogen) atoms. The molecule has 1 atom stereocenters. The molecule has 7 heteroatoms. The summed E-state index contributed by atoms with van der Waals surface area (Å²) in [6.45, 7) is 6.49. The summed E-state index contributed by atoms with van der Waals surface area (Å²) in [5.74, 6) is 0.0880. The third-order valence-corrected chi connectivity index (χ3v) is 5.85. The fourth-order valence-electron chi connectivity index (χ4n) is 4.24. The third-order valence-electron chi connectivity index (χ3n) is 5.85. The molecule has 0 bridgehead atoms. The van der Waals surface area contributed by atoms with E-state index in [4.69, 9.17) is 4.74 Å². The summed E-state index contributed by atoms with van der Waals surface area (Å²) in [6, 6.07) is 14.0. The van der Waals surface area contributed by atoms with Crippen LogP contribution in [0.4, 0.5) is 11.4 Å². The van der Waals surface area contributed by atoms with Gasteiger partial charge in [0.2, 0.25) is 11.8 Å². The lowest BCUT2D eigenvalue weighted by atomic mass is 9.98. The number of rotatable bonds is 6. The molecule has 3 aromatic rings. The first-order valence-corrected chi connectivity index (χ1v) is 11.3. The van der Waals surface area contributed by atoms with E-state index in [1.807, 2.05) is 31.3 Å². The van der Waals surface area contributed by atoms with Crippen molar-refractivity contribution in [2.75, 3.05) is 43.5 Å². The van der Waals surface area contributed by atoms with E-state index in [0.717, 1.165) is 30.5 Å². The number of aryl methyl sites for hydroxylation is 1. The molecule has 4 rings (SSSR count). The second kappa shape index (κ2) is 10.6. The van der Waals surface area contributed by atoms with Crippen molar-refractivity contribution in [1.29, 1.82) is 0 Å². The van der Waals surface area contributed by atoms with Crippen molar-refractivity contribution < 1.29 is 14.3 Å². The number of anilines is 2. The zero-order chi connectivity index (χ0) is 23.2. The van der Waals surface area contributed by atoms with Gasteiger partial charge in [-0.3, -0.25) is 19.5 Å². The van der Waals surface area contributed by atoms with Gasteiger partial charge in [-0.2, -0.15) is 0 Å². The van der Waals surface area contributed by atoms with Crippen LogP contribution in [0, 0.1) is 12.8 Å². The zero-order valence-electron chi connectivity index (χ0n) is 19.1. The molecule has 0 spiro atoms. The number of ether oxygens (including phenoxy) is 1. The van der Waals surface area contributed by atoms with E-state index in [1.54, 1.807) is 12.3 Å². The maximum absolute atomic E-state index is 12.7. The molecule has 0 unspecified atom stereocenters. The average Bonchev–Trinajstić information content (AvgIpc) is 3.00. The summed E-state index contributed by atoms with van der Waals surface area (Å²) in [5.41, 5.74) is 3.57. The molecule has 1 saturated heterocycles. The van der Waals surface area contributed by atoms with Gasteiger partial charge in [0.25, 0.3) is 0 Å². The molecule has 2 amide bonds. The smallest absolute Gasteiger partial charge is 0.238 e. The highest BCUT2D eigenvalue weighted by molar-refractivity contribution is 5.94. The van der Waals surface area contributed by atoms with Crippen molar-refractivity contribution in [2.45, 2.75) is 20.3 Å². The monoisotopic (exact) mass is 446 g/mol. The molecule has 7 nitrogen and oxygen atoms in total. The van der Waals surface area contributed by atoms with E-state index in [9.17, 15) is 9.59 Å². The molecular formula is C26H30N4O3. The van der Waals surface area contributed by atoms with Crippen molar-refractivity contribution in [1.82, 2.24) is 9.88 Å². The first kappa shape index (κ1) is 22.9. The van der Waals surface area contributed by atoms with Crippen LogP contribution < -0.4 is 10.6 Å². The molecule has 2 N–H and O–H groups in total. The highest BCUT2D eigenvalue weighted by atomic mass is 16.5. The largest absolute Gasteiger partial charge is 0.380 e. The number of fused-ring (bicyclic) bond motifs is 1. The first-order valence-electron chi connectivity index (χ1n) is 11.3. The van der Waals surface area contributed by atoms with Gasteiger partial charge in [-0.05, 0) is 60.0 Å². The summed E-state index contributed by atoms with van der Waals surface area (Å²) in [4.78, 5) is 30.5. The number of hydrogen-bond acceptors (Lipinski definition) is 5. The molecule has 172 valence electrons. The van der Waals surface area contributed by atoms with Crippen LogP contribution in [0.3, 0.4) is 0 Å². The Bertz CT molecular complexity index is 1150. The quantitative estimate of drug-likeness (QED) is 0.604. The lowest BCUT2D eigenvalue weighted by Gasteiger charge is -2.23. The lowest BCUT2D eigenvalue weighted by molar-refractivity contribution is -0.117. The number of aromatic nitrogens is 1. The van der Waals surface area contributed by atoms with Crippen LogP contribution in [0.2, 0.25) is 0 Å². The van der Waals surface area contributed by atoms with Gasteiger partial charge >= 0.3 is 0 Å². The number of nitrogens with one attached hydrogen (secondary N) is 2. The van der Waals surface area contributed by atoms with Crippen molar-refractivity contribution in [3.8, 4) is 0 Å². The summed E-state index contributed by atoms with van der Waals surface area (Å²) in [7, 11) is 0. The number of pyridine rings is 1. The van der Waals surface area contributed by atoms with E-state index >= 15 is 0 Å². The Labute approximate surface area is 194 Å². The Kier molecular flexibility index (Phi) is 7.32. The fraction of sp³-hybridized carbons (Fsp3) is 0.346. The molecule has 0 radical (unpaired) electrons. The van der Waals surface area contributed by atoms with Crippen LogP contribution >= 0.6 is 0 Å². The Morgan fingerprint density at radius 3 is 2.85 bits per heavy atom. The van der Waals surface area contributed by atoms with E-state index in [1.165, 1.54) is 17.9 Å². The molecule has 2 heterocycles. The maximum atomic E-state index is 12.7. The number of amides is 2. The number of hydrogen-bond donors (Lipinski definition) is 2. The van der Waals surface area contributed by atoms with Crippen LogP contribution in [0.5, 0.6) is 0 Å². The molecular weight excluding hydrogens is 416 g/mol. The molecule has 2 aromatic carbocycles. The molecule has 1 fully saturated rings. The summed E-state index contributed by atoms with van der Waals surface area (Å²) in [6.07, 6.45) is 4.59. The number of carbonyl (C=O) groups excluding carboxylic acids is 2. The second-order valence-electron chi connectivity index (χ2n) is 8.70. The van der Waals surface area contributed by atoms with Crippen LogP contribution in [0.1, 0.15) is 18.1 Å². The van der Waals surface area contributed by atoms with Gasteiger partial charge in [0.05, 0.1) is 19.8 Å². The van der Waals surface area contributed by atoms with Crippen molar-refractivity contribution in [2.24, 2.45) is 5.92 Å². The van der Waals surface area contributed by atoms with Gasteiger partial charge in [0.1, 0.15) is 0 Å². The number of carbonyl (C=O) groups is 2. The van der Waals surface area contributed by atoms with Crippen molar-refractivity contribution in [3.05, 3.63) is 66.0 Å². The Hall–Kier alpha value is -3.29. The normalized spacial score (nSPS) is 16.8. The van der Waals surface area contributed by atoms with E-state index < -0.39 is 0 Å². The first-order chi connectivity index (χ1) is 16.0. The second-order valence-corrected chi connectivity index (χ2v) is 8.70. The maximum Gasteiger partial charge on any atom is 0.238 e. The minimum atomic E-state index is -0.139. The molecule has 1 aromatic heterocycles. The third kappa shape index (κ3) is 6.37. The van der Waals surface area contributed by atoms with Gasteiger partial charge in [-0.15, -0.1) is 0 Å². The fourth-order valence-corrected chi connectivity index (χ4v) is 4.24. The molecule has 0 aliphatic carbocycles. The topological polar surface area (TPSA) is 83.6 Å².